The van der Waals surface area contributed by atoms with Crippen LogP contribution in [0.1, 0.15) is 37.7 Å². The fourth-order valence-corrected chi connectivity index (χ4v) is 3.38. The summed E-state index contributed by atoms with van der Waals surface area (Å²) in [6.07, 6.45) is 7.49. The average Bonchev–Trinajstić information content (AvgIpc) is 2.44. The predicted molar refractivity (Wildman–Crippen MR) is 82.8 cm³/mol. The molecule has 0 spiro atoms. The molecule has 0 radical (unpaired) electrons. The highest BCUT2D eigenvalue weighted by atomic mass is 79.9. The van der Waals surface area contributed by atoms with Crippen molar-refractivity contribution in [2.45, 2.75) is 51.6 Å². The first kappa shape index (κ1) is 15.3. The van der Waals surface area contributed by atoms with E-state index in [0.717, 1.165) is 17.3 Å². The van der Waals surface area contributed by atoms with E-state index in [9.17, 15) is 9.59 Å². The fourth-order valence-electron chi connectivity index (χ4n) is 2.79. The molecule has 1 aromatic heterocycles. The van der Waals surface area contributed by atoms with E-state index in [0.29, 0.717) is 11.6 Å². The van der Waals surface area contributed by atoms with Gasteiger partial charge in [-0.05, 0) is 41.8 Å². The zero-order chi connectivity index (χ0) is 14.7. The maximum Gasteiger partial charge on any atom is 0.253 e. The summed E-state index contributed by atoms with van der Waals surface area (Å²) in [6, 6.07) is 2.11. The lowest BCUT2D eigenvalue weighted by molar-refractivity contribution is -0.133. The number of halogens is 1. The number of carbonyl (C=O) groups is 1. The number of likely N-dealkylation sites (N-methyl/N-ethyl adjacent to an activating group) is 1. The summed E-state index contributed by atoms with van der Waals surface area (Å²) in [4.78, 5) is 26.2. The molecule has 4 nitrogen and oxygen atoms in total. The van der Waals surface area contributed by atoms with Gasteiger partial charge in [0.15, 0.2) is 0 Å². The molecule has 20 heavy (non-hydrogen) atoms. The molecule has 1 saturated carbocycles. The van der Waals surface area contributed by atoms with E-state index in [-0.39, 0.29) is 18.0 Å². The fraction of sp³-hybridized carbons (Fsp3) is 0.600. The number of carbonyl (C=O) groups excluding carboxylic acids is 1. The largest absolute Gasteiger partial charge is 0.341 e. The van der Waals surface area contributed by atoms with Crippen molar-refractivity contribution >= 4 is 21.8 Å². The van der Waals surface area contributed by atoms with Gasteiger partial charge >= 0.3 is 0 Å². The summed E-state index contributed by atoms with van der Waals surface area (Å²) in [6.45, 7) is 1.88. The van der Waals surface area contributed by atoms with E-state index in [1.54, 1.807) is 19.2 Å². The van der Waals surface area contributed by atoms with Crippen LogP contribution in [0.2, 0.25) is 0 Å². The molecule has 1 amide bonds. The summed E-state index contributed by atoms with van der Waals surface area (Å²) >= 11 is 3.37. The molecule has 1 aromatic rings. The van der Waals surface area contributed by atoms with Crippen LogP contribution in [-0.4, -0.2) is 28.5 Å². The summed E-state index contributed by atoms with van der Waals surface area (Å²) in [7, 11) is 1.86. The average molecular weight is 341 g/mol. The van der Waals surface area contributed by atoms with Crippen molar-refractivity contribution in [2.75, 3.05) is 7.05 Å². The Morgan fingerprint density at radius 1 is 1.40 bits per heavy atom. The topological polar surface area (TPSA) is 42.3 Å². The quantitative estimate of drug-likeness (QED) is 0.848. The van der Waals surface area contributed by atoms with Crippen molar-refractivity contribution in [2.24, 2.45) is 0 Å². The molecule has 2 rings (SSSR count). The van der Waals surface area contributed by atoms with Crippen molar-refractivity contribution in [3.8, 4) is 0 Å². The summed E-state index contributed by atoms with van der Waals surface area (Å²) in [5.74, 6) is 0.0106. The van der Waals surface area contributed by atoms with E-state index in [1.165, 1.54) is 23.8 Å². The van der Waals surface area contributed by atoms with E-state index >= 15 is 0 Å². The summed E-state index contributed by atoms with van der Waals surface area (Å²) in [5, 5.41) is 0. The Hall–Kier alpha value is -1.10. The molecule has 1 heterocycles. The zero-order valence-corrected chi connectivity index (χ0v) is 13.6. The first-order valence-corrected chi connectivity index (χ1v) is 7.90. The van der Waals surface area contributed by atoms with Crippen molar-refractivity contribution < 1.29 is 4.79 Å². The Morgan fingerprint density at radius 3 is 2.70 bits per heavy atom. The molecule has 110 valence electrons. The Labute approximate surface area is 127 Å². The Morgan fingerprint density at radius 2 is 2.05 bits per heavy atom. The van der Waals surface area contributed by atoms with Gasteiger partial charge in [-0.2, -0.15) is 0 Å². The Kier molecular flexibility index (Phi) is 5.02. The van der Waals surface area contributed by atoms with Gasteiger partial charge < -0.3 is 9.47 Å². The maximum absolute atomic E-state index is 12.3. The van der Waals surface area contributed by atoms with Gasteiger partial charge in [0.05, 0.1) is 0 Å². The van der Waals surface area contributed by atoms with Crippen LogP contribution in [0, 0.1) is 6.92 Å². The Balaban J connectivity index is 2.09. The van der Waals surface area contributed by atoms with Crippen LogP contribution in [0.15, 0.2) is 21.5 Å². The molecule has 1 aliphatic rings. The van der Waals surface area contributed by atoms with Crippen LogP contribution in [0.3, 0.4) is 0 Å². The van der Waals surface area contributed by atoms with E-state index in [2.05, 4.69) is 15.9 Å². The first-order chi connectivity index (χ1) is 9.49. The Bertz CT molecular complexity index is 547. The molecule has 1 aliphatic carbocycles. The molecule has 0 atom stereocenters. The van der Waals surface area contributed by atoms with E-state index < -0.39 is 0 Å². The first-order valence-electron chi connectivity index (χ1n) is 7.11. The third-order valence-corrected chi connectivity index (χ3v) is 4.49. The predicted octanol–water partition coefficient (Wildman–Crippen LogP) is 2.71. The molecular weight excluding hydrogens is 320 g/mol. The molecule has 5 heteroatoms. The van der Waals surface area contributed by atoms with Crippen molar-refractivity contribution in [1.29, 1.82) is 0 Å². The second-order valence-electron chi connectivity index (χ2n) is 5.57. The SMILES string of the molecule is Cc1cc(Br)cn(CC(=O)N(C)C2CCCCC2)c1=O. The minimum absolute atomic E-state index is 0.0106. The normalized spacial score (nSPS) is 16.1. The molecule has 0 N–H and O–H groups in total. The molecule has 0 aromatic carbocycles. The van der Waals surface area contributed by atoms with Gasteiger partial charge in [0.2, 0.25) is 5.91 Å². The number of hydrogen-bond donors (Lipinski definition) is 0. The molecule has 1 fully saturated rings. The van der Waals surface area contributed by atoms with Crippen molar-refractivity contribution in [3.63, 3.8) is 0 Å². The lowest BCUT2D eigenvalue weighted by atomic mass is 9.94. The van der Waals surface area contributed by atoms with Crippen LogP contribution in [0.5, 0.6) is 0 Å². The van der Waals surface area contributed by atoms with Gasteiger partial charge in [-0.15, -0.1) is 0 Å². The molecular formula is C15H21BrN2O2. The summed E-state index contributed by atoms with van der Waals surface area (Å²) in [5.41, 5.74) is 0.547. The van der Waals surface area contributed by atoms with Crippen LogP contribution in [0.4, 0.5) is 0 Å². The van der Waals surface area contributed by atoms with Gasteiger partial charge in [-0.25, -0.2) is 0 Å². The van der Waals surface area contributed by atoms with Crippen molar-refractivity contribution in [3.05, 3.63) is 32.7 Å². The van der Waals surface area contributed by atoms with Gasteiger partial charge in [0, 0.05) is 29.3 Å². The third-order valence-electron chi connectivity index (χ3n) is 4.05. The van der Waals surface area contributed by atoms with Crippen molar-refractivity contribution in [1.82, 2.24) is 9.47 Å². The van der Waals surface area contributed by atoms with Crippen LogP contribution in [0.25, 0.3) is 0 Å². The second kappa shape index (κ2) is 6.57. The second-order valence-corrected chi connectivity index (χ2v) is 6.49. The standard InChI is InChI=1S/C15H21BrN2O2/c1-11-8-12(16)9-18(15(11)20)10-14(19)17(2)13-6-4-3-5-7-13/h8-9,13H,3-7,10H2,1-2H3. The number of amides is 1. The highest BCUT2D eigenvalue weighted by molar-refractivity contribution is 9.10. The highest BCUT2D eigenvalue weighted by Gasteiger charge is 2.22. The number of hydrogen-bond acceptors (Lipinski definition) is 2. The highest BCUT2D eigenvalue weighted by Crippen LogP contribution is 2.21. The smallest absolute Gasteiger partial charge is 0.253 e. The number of rotatable bonds is 3. The summed E-state index contributed by atoms with van der Waals surface area (Å²) < 4.78 is 2.31. The monoisotopic (exact) mass is 340 g/mol. The molecule has 0 aliphatic heterocycles. The molecule has 0 unspecified atom stereocenters. The minimum Gasteiger partial charge on any atom is -0.341 e. The third kappa shape index (κ3) is 3.51. The van der Waals surface area contributed by atoms with E-state index in [4.69, 9.17) is 0 Å². The number of pyridine rings is 1. The van der Waals surface area contributed by atoms with Crippen LogP contribution >= 0.6 is 15.9 Å². The minimum atomic E-state index is -0.0985. The van der Waals surface area contributed by atoms with Crippen LogP contribution in [-0.2, 0) is 11.3 Å². The lowest BCUT2D eigenvalue weighted by Crippen LogP contribution is -2.41. The van der Waals surface area contributed by atoms with Crippen LogP contribution < -0.4 is 5.56 Å². The lowest BCUT2D eigenvalue weighted by Gasteiger charge is -2.31. The maximum atomic E-state index is 12.3. The van der Waals surface area contributed by atoms with Gasteiger partial charge in [0.25, 0.3) is 5.56 Å². The molecule has 0 saturated heterocycles. The molecule has 0 bridgehead atoms. The number of aryl methyl sites for hydroxylation is 1. The zero-order valence-electron chi connectivity index (χ0n) is 12.1. The number of nitrogens with zero attached hydrogens (tertiary/aromatic N) is 2. The van der Waals surface area contributed by atoms with Gasteiger partial charge in [0.1, 0.15) is 6.54 Å². The number of aromatic nitrogens is 1. The van der Waals surface area contributed by atoms with E-state index in [1.807, 2.05) is 11.9 Å². The van der Waals surface area contributed by atoms with Gasteiger partial charge in [-0.3, -0.25) is 9.59 Å². The van der Waals surface area contributed by atoms with Gasteiger partial charge in [-0.1, -0.05) is 19.3 Å².